The van der Waals surface area contributed by atoms with E-state index in [4.69, 9.17) is 15.2 Å². The van der Waals surface area contributed by atoms with Crippen molar-refractivity contribution in [2.24, 2.45) is 5.73 Å². The van der Waals surface area contributed by atoms with Gasteiger partial charge in [0.2, 0.25) is 0 Å². The van der Waals surface area contributed by atoms with Gasteiger partial charge >= 0.3 is 0 Å². The Hall–Kier alpha value is -3.15. The Labute approximate surface area is 199 Å². The summed E-state index contributed by atoms with van der Waals surface area (Å²) in [5.74, 6) is -2.74. The smallest absolute Gasteiger partial charge is 0.198 e. The molecule has 0 saturated carbocycles. The third kappa shape index (κ3) is 3.57. The molecule has 0 radical (unpaired) electrons. The first-order valence-electron chi connectivity index (χ1n) is 11.3. The van der Waals surface area contributed by atoms with Crippen molar-refractivity contribution in [2.45, 2.75) is 56.3 Å². The molecule has 2 aliphatic carbocycles. The zero-order chi connectivity index (χ0) is 25.2. The number of hydrogen-bond donors (Lipinski definition) is 5. The van der Waals surface area contributed by atoms with Crippen LogP contribution in [0, 0.1) is 0 Å². The molecular weight excluding hydrogens is 458 g/mol. The Morgan fingerprint density at radius 1 is 1.06 bits per heavy atom. The van der Waals surface area contributed by atoms with Gasteiger partial charge in [-0.05, 0) is 6.92 Å². The van der Waals surface area contributed by atoms with E-state index in [2.05, 4.69) is 0 Å². The first kappa shape index (κ1) is 23.6. The van der Waals surface area contributed by atoms with E-state index in [1.807, 2.05) is 0 Å². The molecule has 2 aromatic carbocycles. The summed E-state index contributed by atoms with van der Waals surface area (Å²) < 4.78 is 11.4. The minimum absolute atomic E-state index is 0.0344. The minimum Gasteiger partial charge on any atom is -0.507 e. The van der Waals surface area contributed by atoms with Crippen LogP contribution < -0.4 is 5.73 Å². The maximum atomic E-state index is 13.3. The summed E-state index contributed by atoms with van der Waals surface area (Å²) in [5, 5.41) is 42.3. The molecule has 184 valence electrons. The van der Waals surface area contributed by atoms with Crippen LogP contribution in [0.4, 0.5) is 0 Å². The highest BCUT2D eigenvalue weighted by molar-refractivity contribution is 6.30. The average Bonchev–Trinajstić information content (AvgIpc) is 2.82. The van der Waals surface area contributed by atoms with Crippen molar-refractivity contribution >= 4 is 17.3 Å². The summed E-state index contributed by atoms with van der Waals surface area (Å²) in [6.45, 7) is 1.09. The van der Waals surface area contributed by atoms with Crippen molar-refractivity contribution in [3.8, 4) is 11.5 Å². The molecule has 5 rings (SSSR count). The van der Waals surface area contributed by atoms with Crippen LogP contribution in [0.1, 0.15) is 68.8 Å². The van der Waals surface area contributed by atoms with E-state index in [9.17, 15) is 34.8 Å². The van der Waals surface area contributed by atoms with Crippen LogP contribution in [-0.2, 0) is 20.7 Å². The number of aliphatic hydroxyl groups excluding tert-OH is 2. The molecule has 10 heteroatoms. The Balaban J connectivity index is 1.67. The van der Waals surface area contributed by atoms with Gasteiger partial charge < -0.3 is 35.6 Å². The Morgan fingerprint density at radius 2 is 1.66 bits per heavy atom. The van der Waals surface area contributed by atoms with Crippen LogP contribution in [-0.4, -0.2) is 68.4 Å². The molecule has 5 atom stereocenters. The second kappa shape index (κ2) is 8.21. The van der Waals surface area contributed by atoms with Gasteiger partial charge in [-0.3, -0.25) is 14.4 Å². The number of ketones is 3. The second-order valence-electron chi connectivity index (χ2n) is 9.39. The highest BCUT2D eigenvalue weighted by Crippen LogP contribution is 2.51. The lowest BCUT2D eigenvalue weighted by atomic mass is 9.71. The molecule has 35 heavy (non-hydrogen) atoms. The van der Waals surface area contributed by atoms with Gasteiger partial charge in [0.15, 0.2) is 17.9 Å². The van der Waals surface area contributed by atoms with Crippen LogP contribution >= 0.6 is 0 Å². The summed E-state index contributed by atoms with van der Waals surface area (Å²) in [6.07, 6.45) is -4.74. The number of carbonyl (C=O) groups excluding carboxylic acids is 3. The zero-order valence-electron chi connectivity index (χ0n) is 18.9. The fourth-order valence-corrected chi connectivity index (χ4v) is 5.13. The van der Waals surface area contributed by atoms with Crippen molar-refractivity contribution < 1.29 is 44.3 Å². The van der Waals surface area contributed by atoms with Crippen molar-refractivity contribution in [1.29, 1.82) is 0 Å². The monoisotopic (exact) mass is 483 g/mol. The molecule has 0 amide bonds. The van der Waals surface area contributed by atoms with Crippen LogP contribution in [0.5, 0.6) is 11.5 Å². The number of aliphatic hydroxyl groups is 2. The minimum atomic E-state index is -1.50. The molecule has 1 heterocycles. The lowest BCUT2D eigenvalue weighted by Gasteiger charge is -2.41. The number of phenolic OH excluding ortho intramolecular Hbond substituents is 2. The average molecular weight is 483 g/mol. The fraction of sp³-hybridized carbons (Fsp3) is 0.400. The topological polar surface area (TPSA) is 177 Å². The molecule has 1 fully saturated rings. The van der Waals surface area contributed by atoms with Crippen molar-refractivity contribution in [3.63, 3.8) is 0 Å². The van der Waals surface area contributed by atoms with Gasteiger partial charge in [-0.1, -0.05) is 24.3 Å². The standard InChI is InChI=1S/C25H25NO9/c1-10(27)25(26)7-13-18(16(8-25)35-17-6-14(28)15(29)9-34-17)24(33)20-19(23(13)32)21(30)11-4-2-3-5-12(11)22(20)31/h2-5,14-17,28-29,32-33H,6-9,26H2,1H3/t14-,15+,16?,17+,25?/m0/s1. The van der Waals surface area contributed by atoms with Crippen molar-refractivity contribution in [1.82, 2.24) is 0 Å². The molecular formula is C25H25NO9. The van der Waals surface area contributed by atoms with Gasteiger partial charge in [-0.25, -0.2) is 0 Å². The van der Waals surface area contributed by atoms with Gasteiger partial charge in [0.05, 0.1) is 35.5 Å². The molecule has 2 aromatic rings. The first-order valence-corrected chi connectivity index (χ1v) is 11.3. The quantitative estimate of drug-likeness (QED) is 0.332. The predicted molar refractivity (Wildman–Crippen MR) is 119 cm³/mol. The predicted octanol–water partition coefficient (Wildman–Crippen LogP) is 0.632. The maximum absolute atomic E-state index is 13.3. The molecule has 0 bridgehead atoms. The molecule has 6 N–H and O–H groups in total. The summed E-state index contributed by atoms with van der Waals surface area (Å²) >= 11 is 0. The lowest BCUT2D eigenvalue weighted by molar-refractivity contribution is -0.238. The highest BCUT2D eigenvalue weighted by atomic mass is 16.7. The van der Waals surface area contributed by atoms with Gasteiger partial charge in [-0.15, -0.1) is 0 Å². The van der Waals surface area contributed by atoms with E-state index in [1.165, 1.54) is 19.1 Å². The van der Waals surface area contributed by atoms with Gasteiger partial charge in [0, 0.05) is 41.5 Å². The number of carbonyl (C=O) groups is 3. The molecule has 1 aliphatic heterocycles. The zero-order valence-corrected chi connectivity index (χ0v) is 18.9. The summed E-state index contributed by atoms with van der Waals surface area (Å²) in [7, 11) is 0. The van der Waals surface area contributed by atoms with Gasteiger partial charge in [-0.2, -0.15) is 0 Å². The molecule has 10 nitrogen and oxygen atoms in total. The molecule has 1 saturated heterocycles. The number of hydrogen-bond acceptors (Lipinski definition) is 10. The number of benzene rings is 2. The Morgan fingerprint density at radius 3 is 2.23 bits per heavy atom. The SMILES string of the molecule is CC(=O)C1(N)Cc2c(O)c3c(c(O)c2C(O[C@@H]2C[C@H](O)[C@H](O)CO2)C1)C(=O)c1ccccc1C3=O. The number of ether oxygens (including phenoxy) is 2. The summed E-state index contributed by atoms with van der Waals surface area (Å²) in [5.41, 5.74) is 4.47. The van der Waals surface area contributed by atoms with Crippen molar-refractivity contribution in [3.05, 3.63) is 57.6 Å². The molecule has 2 unspecified atom stereocenters. The van der Waals surface area contributed by atoms with Crippen LogP contribution in [0.25, 0.3) is 0 Å². The normalized spacial score (nSPS) is 29.8. The van der Waals surface area contributed by atoms with E-state index in [0.717, 1.165) is 0 Å². The van der Waals surface area contributed by atoms with E-state index < -0.39 is 59.0 Å². The van der Waals surface area contributed by atoms with E-state index in [-0.39, 0.29) is 59.3 Å². The number of rotatable bonds is 3. The van der Waals surface area contributed by atoms with Gasteiger partial charge in [0.1, 0.15) is 23.4 Å². The third-order valence-electron chi connectivity index (χ3n) is 7.17. The molecule has 3 aliphatic rings. The van der Waals surface area contributed by atoms with Crippen LogP contribution in [0.3, 0.4) is 0 Å². The van der Waals surface area contributed by atoms with Crippen LogP contribution in [0.2, 0.25) is 0 Å². The number of nitrogens with two attached hydrogens (primary N) is 1. The number of fused-ring (bicyclic) bond motifs is 3. The number of Topliss-reactive ketones (excluding diaryl/α,β-unsaturated/α-hetero) is 1. The highest BCUT2D eigenvalue weighted by Gasteiger charge is 2.48. The van der Waals surface area contributed by atoms with Gasteiger partial charge in [0.25, 0.3) is 0 Å². The summed E-state index contributed by atoms with van der Waals surface area (Å²) in [4.78, 5) is 39.0. The maximum Gasteiger partial charge on any atom is 0.198 e. The first-order chi connectivity index (χ1) is 16.5. The second-order valence-corrected chi connectivity index (χ2v) is 9.39. The largest absolute Gasteiger partial charge is 0.507 e. The van der Waals surface area contributed by atoms with E-state index >= 15 is 0 Å². The van der Waals surface area contributed by atoms with Crippen LogP contribution in [0.15, 0.2) is 24.3 Å². The van der Waals surface area contributed by atoms with Crippen molar-refractivity contribution in [2.75, 3.05) is 6.61 Å². The molecule has 0 aromatic heterocycles. The Kier molecular flexibility index (Phi) is 5.53. The molecule has 0 spiro atoms. The van der Waals surface area contributed by atoms with E-state index in [0.29, 0.717) is 0 Å². The Bertz CT molecular complexity index is 1270. The van der Waals surface area contributed by atoms with E-state index in [1.54, 1.807) is 12.1 Å². The number of phenols is 2. The summed E-state index contributed by atoms with van der Waals surface area (Å²) in [6, 6.07) is 6.10. The lowest BCUT2D eigenvalue weighted by Crippen LogP contribution is -2.53. The number of aromatic hydroxyl groups is 2. The third-order valence-corrected chi connectivity index (χ3v) is 7.17. The fourth-order valence-electron chi connectivity index (χ4n) is 5.13.